The molecule has 1 unspecified atom stereocenters. The smallest absolute Gasteiger partial charge is 0.231 e. The molecule has 2 aromatic carbocycles. The predicted octanol–water partition coefficient (Wildman–Crippen LogP) is 5.29. The molecule has 0 bridgehead atoms. The summed E-state index contributed by atoms with van der Waals surface area (Å²) in [5.41, 5.74) is 4.08. The van der Waals surface area contributed by atoms with E-state index in [-0.39, 0.29) is 17.7 Å². The van der Waals surface area contributed by atoms with Crippen LogP contribution in [0.1, 0.15) is 24.3 Å². The molecule has 1 amide bonds. The zero-order valence-corrected chi connectivity index (χ0v) is 19.1. The summed E-state index contributed by atoms with van der Waals surface area (Å²) in [6, 6.07) is 19.7. The molecular formula is C25H23N5O2S. The second-order valence-corrected chi connectivity index (χ2v) is 8.76. The molecule has 0 aliphatic heterocycles. The average Bonchev–Trinajstić information content (AvgIpc) is 3.57. The van der Waals surface area contributed by atoms with E-state index in [0.29, 0.717) is 5.16 Å². The summed E-state index contributed by atoms with van der Waals surface area (Å²) in [5.74, 6) is 1.56. The maximum Gasteiger partial charge on any atom is 0.231 e. The Hall–Kier alpha value is -3.78. The number of aromatic nitrogens is 4. The van der Waals surface area contributed by atoms with Crippen LogP contribution in [0.25, 0.3) is 28.0 Å². The number of H-pyrrole nitrogens is 1. The molecule has 0 saturated heterocycles. The van der Waals surface area contributed by atoms with E-state index in [1.54, 1.807) is 6.26 Å². The number of thioether (sulfide) groups is 1. The van der Waals surface area contributed by atoms with E-state index in [1.165, 1.54) is 11.8 Å². The van der Waals surface area contributed by atoms with Crippen molar-refractivity contribution in [3.8, 4) is 17.1 Å². The highest BCUT2D eigenvalue weighted by Crippen LogP contribution is 2.32. The van der Waals surface area contributed by atoms with Crippen molar-refractivity contribution in [2.45, 2.75) is 25.0 Å². The number of para-hydroxylation sites is 1. The fraction of sp³-hybridized carbons (Fsp3) is 0.160. The Morgan fingerprint density at radius 1 is 1.15 bits per heavy atom. The van der Waals surface area contributed by atoms with E-state index in [1.807, 2.05) is 60.2 Å². The number of nitrogens with zero attached hydrogens (tertiary/aromatic N) is 3. The lowest BCUT2D eigenvalue weighted by molar-refractivity contribution is -0.119. The molecule has 7 nitrogen and oxygen atoms in total. The van der Waals surface area contributed by atoms with Crippen LogP contribution < -0.4 is 5.32 Å². The monoisotopic (exact) mass is 457 g/mol. The van der Waals surface area contributed by atoms with Gasteiger partial charge in [-0.2, -0.15) is 0 Å². The van der Waals surface area contributed by atoms with Crippen molar-refractivity contribution in [2.75, 3.05) is 5.75 Å². The molecule has 1 atom stereocenters. The molecule has 0 aliphatic carbocycles. The van der Waals surface area contributed by atoms with Gasteiger partial charge in [-0.05, 0) is 49.7 Å². The van der Waals surface area contributed by atoms with Crippen molar-refractivity contribution in [1.29, 1.82) is 0 Å². The van der Waals surface area contributed by atoms with Crippen LogP contribution in [0.15, 0.2) is 82.7 Å². The van der Waals surface area contributed by atoms with Gasteiger partial charge in [0, 0.05) is 28.4 Å². The lowest BCUT2D eigenvalue weighted by atomic mass is 10.1. The van der Waals surface area contributed by atoms with Gasteiger partial charge in [0.2, 0.25) is 5.91 Å². The number of aryl methyl sites for hydroxylation is 1. The average molecular weight is 458 g/mol. The first-order valence-electron chi connectivity index (χ1n) is 10.6. The quantitative estimate of drug-likeness (QED) is 0.324. The number of fused-ring (bicyclic) bond motifs is 1. The number of hydrogen-bond donors (Lipinski definition) is 2. The van der Waals surface area contributed by atoms with Gasteiger partial charge in [-0.3, -0.25) is 9.36 Å². The van der Waals surface area contributed by atoms with Crippen LogP contribution in [0, 0.1) is 6.92 Å². The number of carbonyl (C=O) groups is 1. The summed E-state index contributed by atoms with van der Waals surface area (Å²) in [6.07, 6.45) is 3.55. The molecule has 5 rings (SSSR count). The Kier molecular flexibility index (Phi) is 5.75. The molecule has 3 heterocycles. The fourth-order valence-electron chi connectivity index (χ4n) is 3.82. The highest BCUT2D eigenvalue weighted by molar-refractivity contribution is 7.99. The van der Waals surface area contributed by atoms with E-state index in [4.69, 9.17) is 4.42 Å². The minimum atomic E-state index is -0.204. The molecule has 166 valence electrons. The van der Waals surface area contributed by atoms with Gasteiger partial charge in [0.05, 0.1) is 18.1 Å². The van der Waals surface area contributed by atoms with Crippen molar-refractivity contribution in [3.05, 3.63) is 84.4 Å². The van der Waals surface area contributed by atoms with Crippen LogP contribution in [0.3, 0.4) is 0 Å². The lowest BCUT2D eigenvalue weighted by Crippen LogP contribution is -2.28. The molecule has 5 aromatic rings. The van der Waals surface area contributed by atoms with Gasteiger partial charge in [-0.25, -0.2) is 0 Å². The van der Waals surface area contributed by atoms with E-state index in [9.17, 15) is 4.79 Å². The van der Waals surface area contributed by atoms with Crippen LogP contribution in [0.4, 0.5) is 0 Å². The van der Waals surface area contributed by atoms with Crippen molar-refractivity contribution in [3.63, 3.8) is 0 Å². The SMILES string of the molecule is Cc1cccc(-n2c(SCC(=O)NC(C)c3ccco3)nnc2-c2c[nH]c3ccccc23)c1. The molecule has 0 aliphatic rings. The summed E-state index contributed by atoms with van der Waals surface area (Å²) in [6.45, 7) is 3.95. The van der Waals surface area contributed by atoms with Crippen molar-refractivity contribution < 1.29 is 9.21 Å². The van der Waals surface area contributed by atoms with Crippen LogP contribution >= 0.6 is 11.8 Å². The Morgan fingerprint density at radius 3 is 2.85 bits per heavy atom. The van der Waals surface area contributed by atoms with Crippen molar-refractivity contribution >= 4 is 28.6 Å². The maximum absolute atomic E-state index is 12.6. The highest BCUT2D eigenvalue weighted by Gasteiger charge is 2.20. The number of hydrogen-bond acceptors (Lipinski definition) is 5. The van der Waals surface area contributed by atoms with Crippen LogP contribution in [-0.2, 0) is 4.79 Å². The molecule has 0 radical (unpaired) electrons. The molecular weight excluding hydrogens is 434 g/mol. The Morgan fingerprint density at radius 2 is 2.03 bits per heavy atom. The van der Waals surface area contributed by atoms with Gasteiger partial charge < -0.3 is 14.7 Å². The zero-order chi connectivity index (χ0) is 22.8. The minimum Gasteiger partial charge on any atom is -0.467 e. The molecule has 33 heavy (non-hydrogen) atoms. The molecule has 0 fully saturated rings. The summed E-state index contributed by atoms with van der Waals surface area (Å²) < 4.78 is 7.39. The maximum atomic E-state index is 12.6. The van der Waals surface area contributed by atoms with Crippen molar-refractivity contribution in [1.82, 2.24) is 25.1 Å². The van der Waals surface area contributed by atoms with E-state index >= 15 is 0 Å². The molecule has 0 saturated carbocycles. The van der Waals surface area contributed by atoms with Gasteiger partial charge in [0.1, 0.15) is 5.76 Å². The van der Waals surface area contributed by atoms with Crippen LogP contribution in [0.5, 0.6) is 0 Å². The lowest BCUT2D eigenvalue weighted by Gasteiger charge is -2.12. The summed E-state index contributed by atoms with van der Waals surface area (Å²) in [7, 11) is 0. The first-order valence-corrected chi connectivity index (χ1v) is 11.6. The molecule has 8 heteroatoms. The number of benzene rings is 2. The van der Waals surface area contributed by atoms with Gasteiger partial charge in [0.15, 0.2) is 11.0 Å². The largest absolute Gasteiger partial charge is 0.467 e. The predicted molar refractivity (Wildman–Crippen MR) is 129 cm³/mol. The van der Waals surface area contributed by atoms with Gasteiger partial charge >= 0.3 is 0 Å². The third-order valence-corrected chi connectivity index (χ3v) is 6.33. The number of aromatic amines is 1. The molecule has 3 aromatic heterocycles. The highest BCUT2D eigenvalue weighted by atomic mass is 32.2. The van der Waals surface area contributed by atoms with Gasteiger partial charge in [0.25, 0.3) is 0 Å². The van der Waals surface area contributed by atoms with E-state index in [0.717, 1.165) is 39.3 Å². The summed E-state index contributed by atoms with van der Waals surface area (Å²) in [4.78, 5) is 15.9. The normalized spacial score (nSPS) is 12.2. The Bertz CT molecular complexity index is 1400. The second kappa shape index (κ2) is 8.99. The first-order chi connectivity index (χ1) is 16.1. The zero-order valence-electron chi connectivity index (χ0n) is 18.3. The summed E-state index contributed by atoms with van der Waals surface area (Å²) in [5, 5.41) is 13.7. The first kappa shape index (κ1) is 21.1. The number of furan rings is 1. The Balaban J connectivity index is 1.46. The molecule has 0 spiro atoms. The van der Waals surface area contributed by atoms with Gasteiger partial charge in [-0.1, -0.05) is 42.1 Å². The number of carbonyl (C=O) groups excluding carboxylic acids is 1. The van der Waals surface area contributed by atoms with E-state index < -0.39 is 0 Å². The number of amides is 1. The van der Waals surface area contributed by atoms with E-state index in [2.05, 4.69) is 45.6 Å². The minimum absolute atomic E-state index is 0.101. The standard InChI is InChI=1S/C25H23N5O2S/c1-16-7-5-8-18(13-16)30-24(20-14-26-21-10-4-3-9-19(20)21)28-29-25(30)33-15-23(31)27-17(2)22-11-6-12-32-22/h3-14,17,26H,15H2,1-2H3,(H,27,31). The van der Waals surface area contributed by atoms with Crippen LogP contribution in [0.2, 0.25) is 0 Å². The third kappa shape index (κ3) is 4.29. The number of nitrogens with one attached hydrogen (secondary N) is 2. The summed E-state index contributed by atoms with van der Waals surface area (Å²) >= 11 is 1.36. The number of rotatable bonds is 7. The van der Waals surface area contributed by atoms with Gasteiger partial charge in [-0.15, -0.1) is 10.2 Å². The third-order valence-electron chi connectivity index (χ3n) is 5.40. The van der Waals surface area contributed by atoms with Crippen molar-refractivity contribution in [2.24, 2.45) is 0 Å². The molecule has 2 N–H and O–H groups in total. The fourth-order valence-corrected chi connectivity index (χ4v) is 4.58. The Labute approximate surface area is 195 Å². The topological polar surface area (TPSA) is 88.7 Å². The second-order valence-electron chi connectivity index (χ2n) is 7.82. The van der Waals surface area contributed by atoms with Crippen LogP contribution in [-0.4, -0.2) is 31.4 Å².